The Hall–Kier alpha value is -2.39. The summed E-state index contributed by atoms with van der Waals surface area (Å²) >= 11 is 1.45. The number of hydrogen-bond acceptors (Lipinski definition) is 7. The number of amides is 1. The van der Waals surface area contributed by atoms with E-state index in [1.807, 2.05) is 0 Å². The highest BCUT2D eigenvalue weighted by molar-refractivity contribution is 7.91. The molecule has 1 aromatic heterocycles. The molecule has 1 atom stereocenters. The molecule has 1 unspecified atom stereocenters. The molecular formula is C22H28N2O5S2. The maximum Gasteiger partial charge on any atom is 0.341 e. The van der Waals surface area contributed by atoms with Crippen LogP contribution in [0.3, 0.4) is 0 Å². The Balaban J connectivity index is 1.70. The summed E-state index contributed by atoms with van der Waals surface area (Å²) in [5.41, 5.74) is 2.11. The summed E-state index contributed by atoms with van der Waals surface area (Å²) in [4.78, 5) is 26.5. The molecule has 0 spiro atoms. The van der Waals surface area contributed by atoms with E-state index in [2.05, 4.69) is 17.6 Å². The molecule has 0 fully saturated rings. The van der Waals surface area contributed by atoms with Crippen molar-refractivity contribution in [1.29, 1.82) is 0 Å². The summed E-state index contributed by atoms with van der Waals surface area (Å²) in [5.74, 6) is -0.104. The average molecular weight is 465 g/mol. The Bertz CT molecular complexity index is 1060. The molecule has 1 aromatic carbocycles. The van der Waals surface area contributed by atoms with Crippen LogP contribution < -0.4 is 10.6 Å². The zero-order chi connectivity index (χ0) is 22.6. The second kappa shape index (κ2) is 9.82. The number of thiophene rings is 1. The van der Waals surface area contributed by atoms with Crippen molar-refractivity contribution in [1.82, 2.24) is 0 Å². The molecule has 1 amide bonds. The van der Waals surface area contributed by atoms with Crippen molar-refractivity contribution in [3.63, 3.8) is 0 Å². The summed E-state index contributed by atoms with van der Waals surface area (Å²) in [6.45, 7) is 5.81. The van der Waals surface area contributed by atoms with Gasteiger partial charge in [-0.1, -0.05) is 13.8 Å². The van der Waals surface area contributed by atoms with Gasteiger partial charge >= 0.3 is 5.97 Å². The van der Waals surface area contributed by atoms with Crippen molar-refractivity contribution in [2.75, 3.05) is 29.5 Å². The second-order valence-electron chi connectivity index (χ2n) is 7.61. The molecule has 0 saturated carbocycles. The largest absolute Gasteiger partial charge is 0.462 e. The quantitative estimate of drug-likeness (QED) is 0.575. The van der Waals surface area contributed by atoms with E-state index in [-0.39, 0.29) is 29.7 Å². The van der Waals surface area contributed by atoms with Crippen molar-refractivity contribution in [3.05, 3.63) is 40.3 Å². The molecule has 2 N–H and O–H groups in total. The van der Waals surface area contributed by atoms with Crippen LogP contribution in [0, 0.1) is 5.92 Å². The van der Waals surface area contributed by atoms with Crippen molar-refractivity contribution in [2.24, 2.45) is 5.92 Å². The number of fused-ring (bicyclic) bond motifs is 1. The van der Waals surface area contributed by atoms with Crippen LogP contribution >= 0.6 is 11.3 Å². The molecule has 168 valence electrons. The lowest BCUT2D eigenvalue weighted by molar-refractivity contribution is -0.114. The van der Waals surface area contributed by atoms with Gasteiger partial charge in [-0.15, -0.1) is 11.3 Å². The zero-order valence-corrected chi connectivity index (χ0v) is 19.6. The van der Waals surface area contributed by atoms with Gasteiger partial charge in [0.05, 0.1) is 29.4 Å². The number of anilines is 2. The first kappa shape index (κ1) is 23.3. The van der Waals surface area contributed by atoms with Crippen LogP contribution in [0.1, 0.15) is 48.0 Å². The first-order valence-electron chi connectivity index (χ1n) is 10.4. The van der Waals surface area contributed by atoms with Crippen molar-refractivity contribution in [2.45, 2.75) is 44.9 Å². The average Bonchev–Trinajstić information content (AvgIpc) is 3.09. The highest BCUT2D eigenvalue weighted by atomic mass is 32.2. The molecule has 9 heteroatoms. The molecule has 2 aromatic rings. The highest BCUT2D eigenvalue weighted by Crippen LogP contribution is 2.40. The van der Waals surface area contributed by atoms with Gasteiger partial charge in [0, 0.05) is 10.6 Å². The number of benzene rings is 1. The SMILES string of the molecule is CCOC(=O)c1c(NC(=O)CNc2ccc(S(=O)(=O)CC)cc2)sc2c1CCC(C)C2. The lowest BCUT2D eigenvalue weighted by atomic mass is 9.88. The zero-order valence-electron chi connectivity index (χ0n) is 18.0. The van der Waals surface area contributed by atoms with E-state index in [1.54, 1.807) is 26.0 Å². The monoisotopic (exact) mass is 464 g/mol. The minimum Gasteiger partial charge on any atom is -0.462 e. The summed E-state index contributed by atoms with van der Waals surface area (Å²) in [6, 6.07) is 6.30. The predicted molar refractivity (Wildman–Crippen MR) is 123 cm³/mol. The Kier molecular flexibility index (Phi) is 7.38. The standard InChI is InChI=1S/C22H28N2O5S2/c1-4-29-22(26)20-17-11-6-14(3)12-18(17)30-21(20)24-19(25)13-23-15-7-9-16(10-8-15)31(27,28)5-2/h7-10,14,23H,4-6,11-13H2,1-3H3,(H,24,25). The van der Waals surface area contributed by atoms with Crippen molar-refractivity contribution < 1.29 is 22.7 Å². The van der Waals surface area contributed by atoms with Gasteiger partial charge in [-0.25, -0.2) is 13.2 Å². The maximum atomic E-state index is 12.6. The van der Waals surface area contributed by atoms with Crippen LogP contribution in [0.5, 0.6) is 0 Å². The van der Waals surface area contributed by atoms with Gasteiger partial charge in [-0.05, 0) is 61.9 Å². The van der Waals surface area contributed by atoms with E-state index < -0.39 is 15.8 Å². The fourth-order valence-corrected chi connectivity index (χ4v) is 5.86. The second-order valence-corrected chi connectivity index (χ2v) is 11.0. The number of rotatable bonds is 8. The number of ether oxygens (including phenoxy) is 1. The molecule has 1 heterocycles. The smallest absolute Gasteiger partial charge is 0.341 e. The molecule has 0 aliphatic heterocycles. The topological polar surface area (TPSA) is 102 Å². The fourth-order valence-electron chi connectivity index (χ4n) is 3.56. The lowest BCUT2D eigenvalue weighted by Gasteiger charge is -2.18. The number of esters is 1. The number of carbonyl (C=O) groups is 2. The minimum atomic E-state index is -3.26. The molecule has 0 saturated heterocycles. The Morgan fingerprint density at radius 3 is 2.55 bits per heavy atom. The van der Waals surface area contributed by atoms with Gasteiger partial charge < -0.3 is 15.4 Å². The van der Waals surface area contributed by atoms with Gasteiger partial charge in [-0.2, -0.15) is 0 Å². The van der Waals surface area contributed by atoms with E-state index in [0.29, 0.717) is 22.2 Å². The van der Waals surface area contributed by atoms with E-state index in [4.69, 9.17) is 4.74 Å². The first-order chi connectivity index (χ1) is 14.7. The van der Waals surface area contributed by atoms with Gasteiger partial charge in [0.2, 0.25) is 5.91 Å². The third-order valence-corrected chi connectivity index (χ3v) is 8.21. The van der Waals surface area contributed by atoms with Crippen LogP contribution in [0.4, 0.5) is 10.7 Å². The van der Waals surface area contributed by atoms with E-state index in [9.17, 15) is 18.0 Å². The van der Waals surface area contributed by atoms with Crippen molar-refractivity contribution >= 4 is 43.7 Å². The van der Waals surface area contributed by atoms with Crippen LogP contribution in [0.2, 0.25) is 0 Å². The molecular weight excluding hydrogens is 436 g/mol. The summed E-state index contributed by atoms with van der Waals surface area (Å²) in [7, 11) is -3.26. The Morgan fingerprint density at radius 1 is 1.19 bits per heavy atom. The van der Waals surface area contributed by atoms with Gasteiger partial charge in [0.15, 0.2) is 9.84 Å². The summed E-state index contributed by atoms with van der Waals surface area (Å²) < 4.78 is 29.0. The summed E-state index contributed by atoms with van der Waals surface area (Å²) in [6.07, 6.45) is 2.71. The third kappa shape index (κ3) is 5.46. The van der Waals surface area contributed by atoms with E-state index in [1.165, 1.54) is 23.5 Å². The van der Waals surface area contributed by atoms with Gasteiger partial charge in [0.1, 0.15) is 5.00 Å². The predicted octanol–water partition coefficient (Wildman–Crippen LogP) is 3.89. The molecule has 0 radical (unpaired) electrons. The van der Waals surface area contributed by atoms with Crippen LogP contribution in [0.15, 0.2) is 29.2 Å². The van der Waals surface area contributed by atoms with Crippen LogP contribution in [-0.4, -0.2) is 39.2 Å². The fraction of sp³-hybridized carbons (Fsp3) is 0.455. The number of nitrogens with one attached hydrogen (secondary N) is 2. The third-order valence-electron chi connectivity index (χ3n) is 5.29. The van der Waals surface area contributed by atoms with Crippen molar-refractivity contribution in [3.8, 4) is 0 Å². The molecule has 1 aliphatic carbocycles. The molecule has 1 aliphatic rings. The summed E-state index contributed by atoms with van der Waals surface area (Å²) in [5, 5.41) is 6.38. The lowest BCUT2D eigenvalue weighted by Crippen LogP contribution is -2.22. The number of hydrogen-bond donors (Lipinski definition) is 2. The highest BCUT2D eigenvalue weighted by Gasteiger charge is 2.29. The molecule has 31 heavy (non-hydrogen) atoms. The van der Waals surface area contributed by atoms with Gasteiger partial charge in [0.25, 0.3) is 0 Å². The van der Waals surface area contributed by atoms with Crippen LogP contribution in [-0.2, 0) is 32.2 Å². The normalized spacial score (nSPS) is 15.8. The molecule has 0 bridgehead atoms. The minimum absolute atomic E-state index is 0.0128. The van der Waals surface area contributed by atoms with E-state index in [0.717, 1.165) is 29.7 Å². The first-order valence-corrected chi connectivity index (χ1v) is 12.9. The van der Waals surface area contributed by atoms with Crippen LogP contribution in [0.25, 0.3) is 0 Å². The number of carbonyl (C=O) groups excluding carboxylic acids is 2. The Morgan fingerprint density at radius 2 is 1.90 bits per heavy atom. The number of sulfone groups is 1. The molecule has 3 rings (SSSR count). The maximum absolute atomic E-state index is 12.6. The molecule has 7 nitrogen and oxygen atoms in total. The Labute approximate surface area is 187 Å². The van der Waals surface area contributed by atoms with E-state index >= 15 is 0 Å². The van der Waals surface area contributed by atoms with Gasteiger partial charge in [-0.3, -0.25) is 4.79 Å².